The number of aromatic nitrogens is 4. The standard InChI is InChI=1S/C22H16N2OS.C14H16N4O2/c1-2-18-13-17-8-6-7-16(11-12-20-14-23-15-26-20)21(17)22(25)24(18)19-9-4-3-5-10-19;1-8(2)20-10-5-3-9(4-6-10)11-7-17-13(15)12(18-11)14(16)19/h3-10,13-15H,2H2,1H3;3-8H,1-2H3,(H2,15,17)(H2,16,19). The van der Waals surface area contributed by atoms with E-state index in [0.29, 0.717) is 11.1 Å². The van der Waals surface area contributed by atoms with E-state index in [-0.39, 0.29) is 23.2 Å². The van der Waals surface area contributed by atoms with Crippen LogP contribution in [-0.2, 0) is 6.42 Å². The zero-order valence-electron chi connectivity index (χ0n) is 25.6. The number of thiazole rings is 1. The molecule has 46 heavy (non-hydrogen) atoms. The summed E-state index contributed by atoms with van der Waals surface area (Å²) in [6, 6.07) is 25.0. The average molecular weight is 629 g/mol. The lowest BCUT2D eigenvalue weighted by Gasteiger charge is -2.14. The first-order chi connectivity index (χ1) is 22.2. The molecule has 0 fully saturated rings. The second-order valence-electron chi connectivity index (χ2n) is 10.4. The van der Waals surface area contributed by atoms with Crippen LogP contribution in [0.15, 0.2) is 102 Å². The van der Waals surface area contributed by atoms with Gasteiger partial charge in [0.15, 0.2) is 11.5 Å². The predicted molar refractivity (Wildman–Crippen MR) is 183 cm³/mol. The zero-order chi connectivity index (χ0) is 32.6. The Morgan fingerprint density at radius 3 is 2.41 bits per heavy atom. The summed E-state index contributed by atoms with van der Waals surface area (Å²) in [7, 11) is 0. The molecular weight excluding hydrogens is 597 g/mol. The molecule has 9 nitrogen and oxygen atoms in total. The van der Waals surface area contributed by atoms with Crippen molar-refractivity contribution >= 4 is 33.8 Å². The number of nitrogens with zero attached hydrogens (tertiary/aromatic N) is 4. The van der Waals surface area contributed by atoms with Gasteiger partial charge in [-0.15, -0.1) is 11.3 Å². The number of anilines is 1. The number of fused-ring (bicyclic) bond motifs is 1. The third-order valence-electron chi connectivity index (χ3n) is 6.81. The average Bonchev–Trinajstić information content (AvgIpc) is 3.58. The molecule has 0 saturated carbocycles. The van der Waals surface area contributed by atoms with E-state index < -0.39 is 5.91 Å². The number of hydrogen-bond acceptors (Lipinski definition) is 8. The van der Waals surface area contributed by atoms with Crippen LogP contribution in [-0.4, -0.2) is 31.5 Å². The number of amides is 1. The van der Waals surface area contributed by atoms with Crippen molar-refractivity contribution in [3.8, 4) is 34.5 Å². The lowest BCUT2D eigenvalue weighted by molar-refractivity contribution is 0.0996. The van der Waals surface area contributed by atoms with Gasteiger partial charge in [0.2, 0.25) is 0 Å². The number of nitrogen functional groups attached to an aromatic ring is 1. The van der Waals surface area contributed by atoms with Crippen molar-refractivity contribution in [3.63, 3.8) is 0 Å². The van der Waals surface area contributed by atoms with Gasteiger partial charge < -0.3 is 16.2 Å². The van der Waals surface area contributed by atoms with Gasteiger partial charge in [-0.2, -0.15) is 0 Å². The highest BCUT2D eigenvalue weighted by atomic mass is 32.1. The molecule has 0 saturated heterocycles. The zero-order valence-corrected chi connectivity index (χ0v) is 26.4. The molecule has 3 aromatic carbocycles. The van der Waals surface area contributed by atoms with Crippen LogP contribution in [0.25, 0.3) is 27.7 Å². The summed E-state index contributed by atoms with van der Waals surface area (Å²) in [4.78, 5) is 37.6. The van der Waals surface area contributed by atoms with Crippen LogP contribution in [0.2, 0.25) is 0 Å². The van der Waals surface area contributed by atoms with Crippen molar-refractivity contribution in [2.75, 3.05) is 5.73 Å². The molecule has 0 atom stereocenters. The van der Waals surface area contributed by atoms with Crippen LogP contribution in [0.5, 0.6) is 5.75 Å². The Morgan fingerprint density at radius 1 is 1.00 bits per heavy atom. The van der Waals surface area contributed by atoms with Crippen molar-refractivity contribution in [1.82, 2.24) is 19.5 Å². The van der Waals surface area contributed by atoms with Gasteiger partial charge >= 0.3 is 0 Å². The number of aryl methyl sites for hydroxylation is 1. The van der Waals surface area contributed by atoms with Gasteiger partial charge in [0.05, 0.1) is 40.0 Å². The molecule has 0 bridgehead atoms. The van der Waals surface area contributed by atoms with E-state index in [1.807, 2.05) is 86.6 Å². The highest BCUT2D eigenvalue weighted by Gasteiger charge is 2.13. The van der Waals surface area contributed by atoms with Gasteiger partial charge in [-0.05, 0) is 80.1 Å². The second-order valence-corrected chi connectivity index (χ2v) is 11.3. The molecule has 3 aromatic heterocycles. The van der Waals surface area contributed by atoms with Gasteiger partial charge in [0.1, 0.15) is 5.75 Å². The first kappa shape index (κ1) is 31.6. The third kappa shape index (κ3) is 7.29. The van der Waals surface area contributed by atoms with E-state index in [0.717, 1.165) is 44.9 Å². The topological polar surface area (TPSA) is 139 Å². The molecule has 0 radical (unpaired) electrons. The molecule has 0 aliphatic carbocycles. The largest absolute Gasteiger partial charge is 0.491 e. The maximum Gasteiger partial charge on any atom is 0.271 e. The van der Waals surface area contributed by atoms with Crippen LogP contribution in [0.3, 0.4) is 0 Å². The fourth-order valence-electron chi connectivity index (χ4n) is 4.74. The smallest absolute Gasteiger partial charge is 0.271 e. The van der Waals surface area contributed by atoms with Gasteiger partial charge in [-0.1, -0.05) is 43.2 Å². The maximum absolute atomic E-state index is 13.4. The minimum absolute atomic E-state index is 0.0231. The van der Waals surface area contributed by atoms with E-state index in [1.165, 1.54) is 17.5 Å². The Hall–Kier alpha value is -5.79. The summed E-state index contributed by atoms with van der Waals surface area (Å²) in [6.45, 7) is 5.98. The summed E-state index contributed by atoms with van der Waals surface area (Å²) in [5.74, 6) is 6.36. The van der Waals surface area contributed by atoms with Crippen molar-refractivity contribution < 1.29 is 9.53 Å². The molecular formula is C36H32N6O3S. The third-order valence-corrected chi connectivity index (χ3v) is 7.50. The number of carbonyl (C=O) groups is 1. The number of nitrogens with two attached hydrogens (primary N) is 2. The quantitative estimate of drug-likeness (QED) is 0.215. The Labute approximate surface area is 270 Å². The molecule has 4 N–H and O–H groups in total. The summed E-state index contributed by atoms with van der Waals surface area (Å²) in [5, 5.41) is 1.58. The summed E-state index contributed by atoms with van der Waals surface area (Å²) >= 11 is 1.49. The molecule has 6 aromatic rings. The summed E-state index contributed by atoms with van der Waals surface area (Å²) in [5.41, 5.74) is 16.4. The molecule has 10 heteroatoms. The van der Waals surface area contributed by atoms with E-state index in [9.17, 15) is 9.59 Å². The van der Waals surface area contributed by atoms with Crippen molar-refractivity contribution in [2.24, 2.45) is 5.73 Å². The van der Waals surface area contributed by atoms with Gasteiger partial charge in [-0.25, -0.2) is 9.97 Å². The fourth-order valence-corrected chi connectivity index (χ4v) is 5.21. The van der Waals surface area contributed by atoms with Crippen molar-refractivity contribution in [1.29, 1.82) is 0 Å². The van der Waals surface area contributed by atoms with Crippen LogP contribution in [0.4, 0.5) is 5.82 Å². The number of pyridine rings is 1. The van der Waals surface area contributed by atoms with Gasteiger partial charge in [0.25, 0.3) is 11.5 Å². The normalized spacial score (nSPS) is 10.5. The van der Waals surface area contributed by atoms with Gasteiger partial charge in [0, 0.05) is 22.5 Å². The van der Waals surface area contributed by atoms with Crippen molar-refractivity contribution in [2.45, 2.75) is 33.3 Å². The number of hydrogen-bond donors (Lipinski definition) is 2. The Balaban J connectivity index is 0.000000188. The van der Waals surface area contributed by atoms with Crippen LogP contribution in [0, 0.1) is 11.8 Å². The van der Waals surface area contributed by atoms with Gasteiger partial charge in [-0.3, -0.25) is 19.1 Å². The first-order valence-corrected chi connectivity index (χ1v) is 15.5. The Morgan fingerprint density at radius 2 is 1.76 bits per heavy atom. The van der Waals surface area contributed by atoms with Crippen molar-refractivity contribution in [3.05, 3.63) is 129 Å². The monoisotopic (exact) mass is 628 g/mol. The number of primary amides is 1. The highest BCUT2D eigenvalue weighted by Crippen LogP contribution is 2.23. The number of benzene rings is 3. The first-order valence-electron chi connectivity index (χ1n) is 14.6. The summed E-state index contributed by atoms with van der Waals surface area (Å²) < 4.78 is 7.35. The molecule has 3 heterocycles. The molecule has 230 valence electrons. The summed E-state index contributed by atoms with van der Waals surface area (Å²) in [6.07, 6.45) is 4.12. The van der Waals surface area contributed by atoms with E-state index in [2.05, 4.69) is 39.8 Å². The highest BCUT2D eigenvalue weighted by molar-refractivity contribution is 7.10. The minimum atomic E-state index is -0.698. The molecule has 0 unspecified atom stereocenters. The van der Waals surface area contributed by atoms with E-state index >= 15 is 0 Å². The lowest BCUT2D eigenvalue weighted by Crippen LogP contribution is -2.22. The van der Waals surface area contributed by atoms with E-state index in [4.69, 9.17) is 16.2 Å². The number of rotatable bonds is 6. The molecule has 0 spiro atoms. The Kier molecular flexibility index (Phi) is 9.85. The van der Waals surface area contributed by atoms with Crippen LogP contribution >= 0.6 is 11.3 Å². The minimum Gasteiger partial charge on any atom is -0.491 e. The number of carbonyl (C=O) groups excluding carboxylic acids is 1. The molecule has 0 aliphatic heterocycles. The second kappa shape index (κ2) is 14.3. The molecule has 0 aliphatic rings. The SMILES string of the molecule is CC(C)Oc1ccc(-c2cnc(N)c(C(N)=O)n2)cc1.CCc1cc2cccc(C#Cc3cncs3)c2c(=O)n1-c1ccccc1. The van der Waals surface area contributed by atoms with Crippen LogP contribution < -0.4 is 21.8 Å². The van der Waals surface area contributed by atoms with E-state index in [1.54, 1.807) is 16.3 Å². The lowest BCUT2D eigenvalue weighted by atomic mass is 10.0. The van der Waals surface area contributed by atoms with Crippen LogP contribution in [0.1, 0.15) is 47.4 Å². The maximum atomic E-state index is 13.4. The predicted octanol–water partition coefficient (Wildman–Crippen LogP) is 6.02. The molecule has 1 amide bonds. The fraction of sp³-hybridized carbons (Fsp3) is 0.139. The molecule has 6 rings (SSSR count). The number of para-hydroxylation sites is 1. The number of ether oxygens (including phenoxy) is 1. The Bertz CT molecular complexity index is 2100.